The third-order valence-corrected chi connectivity index (χ3v) is 17.0. The van der Waals surface area contributed by atoms with Crippen LogP contribution in [-0.4, -0.2) is 101 Å². The number of likely N-dealkylation sites (tertiary alicyclic amines) is 2. The maximum Gasteiger partial charge on any atom is 0.295 e. The van der Waals surface area contributed by atoms with Crippen molar-refractivity contribution >= 4 is 54.9 Å². The second kappa shape index (κ2) is 18.4. The van der Waals surface area contributed by atoms with E-state index in [-0.39, 0.29) is 58.7 Å². The number of hydrogen-bond acceptors (Lipinski definition) is 11. The van der Waals surface area contributed by atoms with Gasteiger partial charge in [0.25, 0.3) is 21.6 Å². The molecule has 17 heteroatoms. The number of nitro groups is 1. The summed E-state index contributed by atoms with van der Waals surface area (Å²) in [5.74, 6) is -0.0292. The minimum atomic E-state index is -4.74. The molecule has 15 nitrogen and oxygen atoms in total. The van der Waals surface area contributed by atoms with Crippen LogP contribution in [0, 0.1) is 15.5 Å². The number of aromatic nitrogens is 3. The lowest BCUT2D eigenvalue weighted by atomic mass is 9.59. The summed E-state index contributed by atoms with van der Waals surface area (Å²) in [6.45, 7) is 12.4. The maximum atomic E-state index is 16.0. The zero-order valence-corrected chi connectivity index (χ0v) is 40.6. The molecule has 1 aliphatic carbocycles. The van der Waals surface area contributed by atoms with Crippen LogP contribution in [0.5, 0.6) is 11.5 Å². The van der Waals surface area contributed by atoms with Crippen molar-refractivity contribution in [2.45, 2.75) is 114 Å². The average Bonchev–Trinajstić information content (AvgIpc) is 4.12. The van der Waals surface area contributed by atoms with E-state index >= 15 is 4.39 Å². The molecular formula is C52H62FN9O6S. The first kappa shape index (κ1) is 46.7. The molecule has 69 heavy (non-hydrogen) atoms. The SMILES string of the molecule is CC(C)c1ccccc1[C@@H]1CCCN1C1CC2(CCN(c3ccc(C(=O)NS(=O)(=O)c4cc([N+](=O)[O-])c(NCC5(F)CCN(C(C)C)CC5)c5[nH]ccc45)c(Oc4cnc5[nH]ccc5c4)c3)CC2)C1. The van der Waals surface area contributed by atoms with E-state index in [0.29, 0.717) is 42.5 Å². The Labute approximate surface area is 402 Å². The van der Waals surface area contributed by atoms with Crippen LogP contribution in [0.25, 0.3) is 21.9 Å². The van der Waals surface area contributed by atoms with Gasteiger partial charge in [0.1, 0.15) is 33.4 Å². The lowest BCUT2D eigenvalue weighted by molar-refractivity contribution is -0.384. The molecule has 3 saturated heterocycles. The predicted octanol–water partition coefficient (Wildman–Crippen LogP) is 10.2. The van der Waals surface area contributed by atoms with E-state index in [0.717, 1.165) is 49.6 Å². The summed E-state index contributed by atoms with van der Waals surface area (Å²) in [5, 5.41) is 16.4. The van der Waals surface area contributed by atoms with Gasteiger partial charge in [-0.15, -0.1) is 0 Å². The van der Waals surface area contributed by atoms with Gasteiger partial charge in [-0.2, -0.15) is 0 Å². The van der Waals surface area contributed by atoms with Gasteiger partial charge in [-0.3, -0.25) is 19.8 Å². The maximum absolute atomic E-state index is 16.0. The molecule has 1 atom stereocenters. The number of nitrogens with zero attached hydrogens (tertiary/aromatic N) is 5. The molecule has 1 amide bonds. The molecule has 10 rings (SSSR count). The first-order chi connectivity index (χ1) is 33.1. The Balaban J connectivity index is 0.870. The molecule has 0 radical (unpaired) electrons. The number of aromatic amines is 2. The number of alkyl halides is 1. The van der Waals surface area contributed by atoms with E-state index < -0.39 is 37.1 Å². The lowest BCUT2D eigenvalue weighted by Gasteiger charge is -2.56. The Kier molecular flexibility index (Phi) is 12.4. The summed E-state index contributed by atoms with van der Waals surface area (Å²) < 4.78 is 53.2. The fourth-order valence-electron chi connectivity index (χ4n) is 11.6. The van der Waals surface area contributed by atoms with Gasteiger partial charge in [-0.05, 0) is 125 Å². The van der Waals surface area contributed by atoms with Gasteiger partial charge in [0, 0.05) is 91.8 Å². The number of sulfonamides is 1. The summed E-state index contributed by atoms with van der Waals surface area (Å²) in [4.78, 5) is 43.3. The number of halogens is 1. The molecule has 364 valence electrons. The molecule has 4 N–H and O–H groups in total. The number of H-pyrrole nitrogens is 2. The number of fused-ring (bicyclic) bond motifs is 2. The Hall–Kier alpha value is -6.04. The number of nitro benzene ring substituents is 1. The smallest absolute Gasteiger partial charge is 0.295 e. The lowest BCUT2D eigenvalue weighted by Crippen LogP contribution is -2.54. The first-order valence-corrected chi connectivity index (χ1v) is 25.9. The minimum absolute atomic E-state index is 0.0304. The highest BCUT2D eigenvalue weighted by atomic mass is 32.2. The molecule has 0 bridgehead atoms. The third kappa shape index (κ3) is 9.16. The number of carbonyl (C=O) groups is 1. The van der Waals surface area contributed by atoms with E-state index in [1.165, 1.54) is 55.3 Å². The van der Waals surface area contributed by atoms with Gasteiger partial charge in [-0.25, -0.2) is 22.5 Å². The number of ether oxygens (including phenoxy) is 1. The monoisotopic (exact) mass is 959 g/mol. The molecule has 1 spiro atoms. The molecule has 1 saturated carbocycles. The predicted molar refractivity (Wildman–Crippen MR) is 267 cm³/mol. The summed E-state index contributed by atoms with van der Waals surface area (Å²) >= 11 is 0. The topological polar surface area (TPSA) is 182 Å². The number of rotatable bonds is 14. The van der Waals surface area contributed by atoms with Gasteiger partial charge < -0.3 is 29.8 Å². The third-order valence-electron chi connectivity index (χ3n) is 15.6. The Morgan fingerprint density at radius 1 is 0.957 bits per heavy atom. The van der Waals surface area contributed by atoms with E-state index in [2.05, 4.69) is 91.7 Å². The highest BCUT2D eigenvalue weighted by Gasteiger charge is 2.50. The summed E-state index contributed by atoms with van der Waals surface area (Å²) in [5.41, 5.74) is 2.55. The Morgan fingerprint density at radius 2 is 1.71 bits per heavy atom. The van der Waals surface area contributed by atoms with Crippen molar-refractivity contribution in [2.24, 2.45) is 5.41 Å². The highest BCUT2D eigenvalue weighted by Crippen LogP contribution is 2.54. The summed E-state index contributed by atoms with van der Waals surface area (Å²) in [6.07, 6.45) is 12.1. The van der Waals surface area contributed by atoms with Crippen molar-refractivity contribution in [3.8, 4) is 11.5 Å². The van der Waals surface area contributed by atoms with E-state index in [9.17, 15) is 23.3 Å². The molecule has 3 aromatic carbocycles. The zero-order chi connectivity index (χ0) is 48.2. The van der Waals surface area contributed by atoms with Crippen molar-refractivity contribution in [1.82, 2.24) is 29.5 Å². The standard InChI is InChI=1S/C52H62FN9O6S/c1-33(2)39-8-5-6-9-40(39)43-10-7-21-61(43)37-29-51(30-37)15-22-60(23-16-51)36-11-12-41(45(27-36)68-38-26-35-13-19-55-49(35)56-31-38)50(63)58-69(66,67)46-28-44(62(64)65)48(47-42(46)14-20-54-47)57-32-52(53)17-24-59(25-18-52)34(3)4/h5-6,8-9,11-14,19-20,26-28,31,33-34,37,43,54,57H,7,10,15-18,21-25,29-30,32H2,1-4H3,(H,55,56)(H,58,63)/t43-/m0/s1. The van der Waals surface area contributed by atoms with Gasteiger partial charge >= 0.3 is 0 Å². The van der Waals surface area contributed by atoms with Gasteiger partial charge in [0.05, 0.1) is 22.2 Å². The number of pyridine rings is 1. The summed E-state index contributed by atoms with van der Waals surface area (Å²) in [7, 11) is -4.74. The van der Waals surface area contributed by atoms with Gasteiger partial charge in [-0.1, -0.05) is 38.1 Å². The zero-order valence-electron chi connectivity index (χ0n) is 39.8. The number of piperidine rings is 2. The number of anilines is 2. The van der Waals surface area contributed by atoms with Crippen LogP contribution >= 0.6 is 0 Å². The molecule has 3 aliphatic heterocycles. The molecule has 0 unspecified atom stereocenters. The molecule has 3 aromatic heterocycles. The van der Waals surface area contributed by atoms with Crippen LogP contribution in [0.2, 0.25) is 0 Å². The van der Waals surface area contributed by atoms with E-state index in [1.807, 2.05) is 12.1 Å². The Morgan fingerprint density at radius 3 is 2.45 bits per heavy atom. The van der Waals surface area contributed by atoms with Crippen LogP contribution in [0.4, 0.5) is 21.5 Å². The fraction of sp³-hybridized carbons (Fsp3) is 0.462. The number of benzene rings is 3. The van der Waals surface area contributed by atoms with Gasteiger partial charge in [0.2, 0.25) is 0 Å². The highest BCUT2D eigenvalue weighted by molar-refractivity contribution is 7.90. The number of hydrogen-bond donors (Lipinski definition) is 4. The van der Waals surface area contributed by atoms with Crippen molar-refractivity contribution in [3.63, 3.8) is 0 Å². The second-order valence-corrected chi connectivity index (χ2v) is 22.1. The van der Waals surface area contributed by atoms with Crippen LogP contribution < -0.4 is 19.7 Å². The molecule has 4 aliphatic rings. The number of nitrogens with one attached hydrogen (secondary N) is 4. The fourth-order valence-corrected chi connectivity index (χ4v) is 12.8. The Bertz CT molecular complexity index is 3000. The molecule has 6 heterocycles. The normalized spacial score (nSPS) is 20.0. The van der Waals surface area contributed by atoms with Crippen molar-refractivity contribution in [1.29, 1.82) is 0 Å². The molecule has 4 fully saturated rings. The molecule has 6 aromatic rings. The van der Waals surface area contributed by atoms with Crippen molar-refractivity contribution in [3.05, 3.63) is 112 Å². The first-order valence-electron chi connectivity index (χ1n) is 24.5. The van der Waals surface area contributed by atoms with Crippen LogP contribution in [-0.2, 0) is 10.0 Å². The van der Waals surface area contributed by atoms with Gasteiger partial charge in [0.15, 0.2) is 0 Å². The van der Waals surface area contributed by atoms with Crippen LogP contribution in [0.1, 0.15) is 113 Å². The minimum Gasteiger partial charge on any atom is -0.455 e. The molecular weight excluding hydrogens is 898 g/mol. The van der Waals surface area contributed by atoms with E-state index in [4.69, 9.17) is 4.74 Å². The van der Waals surface area contributed by atoms with Crippen molar-refractivity contribution in [2.75, 3.05) is 49.5 Å². The van der Waals surface area contributed by atoms with Crippen LogP contribution in [0.3, 0.4) is 0 Å². The number of carbonyl (C=O) groups excluding carboxylic acids is 1. The number of amides is 1. The second-order valence-electron chi connectivity index (χ2n) is 20.5. The van der Waals surface area contributed by atoms with Crippen LogP contribution in [0.15, 0.2) is 90.2 Å². The summed E-state index contributed by atoms with van der Waals surface area (Å²) in [6, 6.07) is 21.4. The largest absolute Gasteiger partial charge is 0.455 e. The quantitative estimate of drug-likeness (QED) is 0.0602. The average molecular weight is 960 g/mol. The van der Waals surface area contributed by atoms with Crippen molar-refractivity contribution < 1.29 is 27.3 Å². The van der Waals surface area contributed by atoms with E-state index in [1.54, 1.807) is 24.4 Å².